The monoisotopic (exact) mass is 481 g/mol. The number of nitro benzene ring substituents is 2. The highest BCUT2D eigenvalue weighted by molar-refractivity contribution is 8.18. The minimum absolute atomic E-state index is 0.113. The number of nitro groups is 2. The minimum atomic E-state index is -0.563. The van der Waals surface area contributed by atoms with Gasteiger partial charge in [-0.25, -0.2) is 0 Å². The highest BCUT2D eigenvalue weighted by Gasteiger charge is 2.35. The minimum Gasteiger partial charge on any atom is -0.496 e. The van der Waals surface area contributed by atoms with Crippen LogP contribution in [0.15, 0.2) is 63.9 Å². The molecular weight excluding hydrogens is 466 g/mol. The number of ether oxygens (including phenoxy) is 1. The van der Waals surface area contributed by atoms with Gasteiger partial charge >= 0.3 is 0 Å². The van der Waals surface area contributed by atoms with Gasteiger partial charge in [0, 0.05) is 30.3 Å². The molecule has 0 aliphatic carbocycles. The number of benzene rings is 2. The number of hydrogen-bond donors (Lipinski definition) is 0. The Morgan fingerprint density at radius 2 is 1.76 bits per heavy atom. The number of imide groups is 1. The first-order chi connectivity index (χ1) is 16.3. The second-order valence-corrected chi connectivity index (χ2v) is 8.03. The molecule has 172 valence electrons. The van der Waals surface area contributed by atoms with Crippen LogP contribution in [0, 0.1) is 20.2 Å². The molecule has 3 aromatic rings. The van der Waals surface area contributed by atoms with Gasteiger partial charge < -0.3 is 9.15 Å². The van der Waals surface area contributed by atoms with Crippen molar-refractivity contribution < 1.29 is 28.6 Å². The van der Waals surface area contributed by atoms with E-state index in [1.54, 1.807) is 18.2 Å². The van der Waals surface area contributed by atoms with Crippen LogP contribution >= 0.6 is 11.8 Å². The van der Waals surface area contributed by atoms with Gasteiger partial charge in [-0.05, 0) is 35.5 Å². The first-order valence-corrected chi connectivity index (χ1v) is 10.5. The number of rotatable bonds is 7. The molecule has 1 saturated heterocycles. The third-order valence-electron chi connectivity index (χ3n) is 4.90. The summed E-state index contributed by atoms with van der Waals surface area (Å²) >= 11 is 0.716. The summed E-state index contributed by atoms with van der Waals surface area (Å²) < 4.78 is 11.0. The van der Waals surface area contributed by atoms with Crippen molar-refractivity contribution >= 4 is 40.4 Å². The van der Waals surface area contributed by atoms with Crippen molar-refractivity contribution in [3.63, 3.8) is 0 Å². The van der Waals surface area contributed by atoms with Gasteiger partial charge in [0.15, 0.2) is 0 Å². The van der Waals surface area contributed by atoms with Gasteiger partial charge in [-0.3, -0.25) is 34.7 Å². The van der Waals surface area contributed by atoms with E-state index in [2.05, 4.69) is 0 Å². The van der Waals surface area contributed by atoms with Crippen LogP contribution in [-0.2, 0) is 11.3 Å². The summed E-state index contributed by atoms with van der Waals surface area (Å²) in [6, 6.07) is 12.9. The Bertz CT molecular complexity index is 1360. The van der Waals surface area contributed by atoms with Crippen molar-refractivity contribution in [1.82, 2.24) is 4.90 Å². The number of carbonyl (C=O) groups is 2. The van der Waals surface area contributed by atoms with E-state index in [1.165, 1.54) is 49.6 Å². The smallest absolute Gasteiger partial charge is 0.293 e. The highest BCUT2D eigenvalue weighted by Crippen LogP contribution is 2.37. The van der Waals surface area contributed by atoms with Crippen LogP contribution in [0.2, 0.25) is 0 Å². The van der Waals surface area contributed by atoms with Crippen LogP contribution in [0.25, 0.3) is 17.4 Å². The predicted molar refractivity (Wildman–Crippen MR) is 122 cm³/mol. The van der Waals surface area contributed by atoms with E-state index in [0.717, 1.165) is 4.90 Å². The second-order valence-electron chi connectivity index (χ2n) is 7.04. The van der Waals surface area contributed by atoms with Gasteiger partial charge in [0.1, 0.15) is 17.3 Å². The third kappa shape index (κ3) is 4.52. The predicted octanol–water partition coefficient (Wildman–Crippen LogP) is 5.01. The molecule has 11 nitrogen and oxygen atoms in total. The zero-order valence-corrected chi connectivity index (χ0v) is 18.3. The molecule has 4 rings (SSSR count). The quantitative estimate of drug-likeness (QED) is 0.258. The number of furan rings is 1. The van der Waals surface area contributed by atoms with E-state index in [9.17, 15) is 29.8 Å². The van der Waals surface area contributed by atoms with E-state index in [1.807, 2.05) is 0 Å². The van der Waals surface area contributed by atoms with Crippen LogP contribution in [0.3, 0.4) is 0 Å². The molecule has 2 amide bonds. The molecule has 0 radical (unpaired) electrons. The number of methoxy groups -OCH3 is 1. The normalized spacial score (nSPS) is 14.6. The maximum Gasteiger partial charge on any atom is 0.293 e. The Labute approximate surface area is 195 Å². The lowest BCUT2D eigenvalue weighted by Gasteiger charge is -2.12. The molecule has 0 N–H and O–H groups in total. The van der Waals surface area contributed by atoms with E-state index >= 15 is 0 Å². The Kier molecular flexibility index (Phi) is 6.15. The lowest BCUT2D eigenvalue weighted by molar-refractivity contribution is -0.385. The molecule has 0 atom stereocenters. The van der Waals surface area contributed by atoms with Crippen molar-refractivity contribution in [2.45, 2.75) is 6.54 Å². The van der Waals surface area contributed by atoms with Crippen LogP contribution in [0.4, 0.5) is 16.2 Å². The molecule has 0 bridgehead atoms. The number of nitrogens with zero attached hydrogens (tertiary/aromatic N) is 3. The zero-order chi connectivity index (χ0) is 24.4. The molecule has 1 aliphatic heterocycles. The zero-order valence-electron chi connectivity index (χ0n) is 17.5. The van der Waals surface area contributed by atoms with Crippen LogP contribution < -0.4 is 4.74 Å². The lowest BCUT2D eigenvalue weighted by atomic mass is 10.1. The molecule has 1 aromatic heterocycles. The van der Waals surface area contributed by atoms with Gasteiger partial charge in [-0.2, -0.15) is 0 Å². The van der Waals surface area contributed by atoms with E-state index in [-0.39, 0.29) is 34.3 Å². The number of carbonyl (C=O) groups excluding carboxylic acids is 2. The number of hydrogen-bond acceptors (Lipinski definition) is 9. The Morgan fingerprint density at radius 1 is 1.03 bits per heavy atom. The SMILES string of the molecule is COc1ccc([N+](=O)[O-])cc1-c1ccc(C=C2SC(=O)N(Cc3cccc([N+](=O)[O-])c3)C2=O)o1. The summed E-state index contributed by atoms with van der Waals surface area (Å²) in [5.74, 6) is 0.336. The van der Waals surface area contributed by atoms with Gasteiger partial charge in [0.2, 0.25) is 0 Å². The van der Waals surface area contributed by atoms with E-state index in [0.29, 0.717) is 28.6 Å². The molecule has 12 heteroatoms. The van der Waals surface area contributed by atoms with Gasteiger partial charge in [-0.15, -0.1) is 0 Å². The number of thioether (sulfide) groups is 1. The maximum absolute atomic E-state index is 12.8. The number of amides is 2. The fourth-order valence-electron chi connectivity index (χ4n) is 3.29. The average molecular weight is 481 g/mol. The molecule has 1 aliphatic rings. The second kappa shape index (κ2) is 9.19. The van der Waals surface area contributed by atoms with Crippen molar-refractivity contribution in [3.8, 4) is 17.1 Å². The molecular formula is C22H15N3O8S. The molecule has 0 saturated carbocycles. The van der Waals surface area contributed by atoms with Crippen LogP contribution in [-0.4, -0.2) is 33.0 Å². The van der Waals surface area contributed by atoms with E-state index in [4.69, 9.17) is 9.15 Å². The maximum atomic E-state index is 12.8. The average Bonchev–Trinajstić information content (AvgIpc) is 3.39. The topological polar surface area (TPSA) is 146 Å². The molecule has 0 unspecified atom stereocenters. The largest absolute Gasteiger partial charge is 0.496 e. The summed E-state index contributed by atoms with van der Waals surface area (Å²) in [6.07, 6.45) is 1.39. The van der Waals surface area contributed by atoms with Gasteiger partial charge in [-0.1, -0.05) is 12.1 Å². The van der Waals surface area contributed by atoms with Crippen molar-refractivity contribution in [1.29, 1.82) is 0 Å². The lowest BCUT2D eigenvalue weighted by Crippen LogP contribution is -2.27. The molecule has 2 heterocycles. The van der Waals surface area contributed by atoms with Crippen molar-refractivity contribution in [2.24, 2.45) is 0 Å². The fourth-order valence-corrected chi connectivity index (χ4v) is 4.11. The summed E-state index contributed by atoms with van der Waals surface area (Å²) in [6.45, 7) is -0.113. The van der Waals surface area contributed by atoms with Gasteiger partial charge in [0.25, 0.3) is 22.5 Å². The molecule has 2 aromatic carbocycles. The summed E-state index contributed by atoms with van der Waals surface area (Å²) in [5, 5.41) is 21.6. The first-order valence-electron chi connectivity index (χ1n) is 9.68. The summed E-state index contributed by atoms with van der Waals surface area (Å²) in [4.78, 5) is 47.3. The summed E-state index contributed by atoms with van der Waals surface area (Å²) in [7, 11) is 1.42. The van der Waals surface area contributed by atoms with Crippen LogP contribution in [0.5, 0.6) is 5.75 Å². The fraction of sp³-hybridized carbons (Fsp3) is 0.0909. The van der Waals surface area contributed by atoms with Crippen molar-refractivity contribution in [3.05, 3.63) is 91.1 Å². The van der Waals surface area contributed by atoms with Gasteiger partial charge in [0.05, 0.1) is 34.0 Å². The Hall–Kier alpha value is -4.45. The van der Waals surface area contributed by atoms with Crippen LogP contribution in [0.1, 0.15) is 11.3 Å². The van der Waals surface area contributed by atoms with Crippen molar-refractivity contribution in [2.75, 3.05) is 7.11 Å². The Balaban J connectivity index is 1.57. The summed E-state index contributed by atoms with van der Waals surface area (Å²) in [5.41, 5.74) is 0.515. The Morgan fingerprint density at radius 3 is 2.47 bits per heavy atom. The molecule has 34 heavy (non-hydrogen) atoms. The number of non-ortho nitro benzene ring substituents is 2. The standard InChI is InChI=1S/C22H15N3O8S/c1-32-18-7-5-15(25(30)31)10-17(18)19-8-6-16(33-19)11-20-21(26)23(22(27)34-20)12-13-3-2-4-14(9-13)24(28)29/h2-11H,12H2,1H3. The first kappa shape index (κ1) is 22.7. The third-order valence-corrected chi connectivity index (χ3v) is 5.80. The highest BCUT2D eigenvalue weighted by atomic mass is 32.2. The van der Waals surface area contributed by atoms with E-state index < -0.39 is 21.0 Å². The molecule has 0 spiro atoms. The molecule has 1 fully saturated rings.